The van der Waals surface area contributed by atoms with Crippen molar-refractivity contribution in [3.8, 4) is 0 Å². The SMILES string of the molecule is Cc1cc(C)c(/C=C(\C=N\NC(N)=O)c2ccccc2)c(C)c1. The van der Waals surface area contributed by atoms with E-state index in [1.807, 2.05) is 30.3 Å². The number of nitrogens with one attached hydrogen (secondary N) is 1. The van der Waals surface area contributed by atoms with E-state index < -0.39 is 6.03 Å². The van der Waals surface area contributed by atoms with Gasteiger partial charge in [-0.05, 0) is 49.1 Å². The van der Waals surface area contributed by atoms with Gasteiger partial charge in [0.1, 0.15) is 0 Å². The van der Waals surface area contributed by atoms with Crippen molar-refractivity contribution in [2.24, 2.45) is 10.8 Å². The van der Waals surface area contributed by atoms with Crippen molar-refractivity contribution in [2.45, 2.75) is 20.8 Å². The number of allylic oxidation sites excluding steroid dienone is 1. The quantitative estimate of drug-likeness (QED) is 0.503. The first-order chi connectivity index (χ1) is 11.0. The van der Waals surface area contributed by atoms with Crippen molar-refractivity contribution in [3.63, 3.8) is 0 Å². The van der Waals surface area contributed by atoms with E-state index in [9.17, 15) is 4.79 Å². The molecule has 2 amide bonds. The summed E-state index contributed by atoms with van der Waals surface area (Å²) in [4.78, 5) is 10.8. The molecule has 118 valence electrons. The topological polar surface area (TPSA) is 67.5 Å². The van der Waals surface area contributed by atoms with Gasteiger partial charge >= 0.3 is 6.03 Å². The molecule has 0 fully saturated rings. The third kappa shape index (κ3) is 4.54. The second kappa shape index (κ2) is 7.40. The van der Waals surface area contributed by atoms with Gasteiger partial charge in [-0.2, -0.15) is 5.10 Å². The summed E-state index contributed by atoms with van der Waals surface area (Å²) < 4.78 is 0. The lowest BCUT2D eigenvalue weighted by atomic mass is 9.96. The maximum absolute atomic E-state index is 10.8. The lowest BCUT2D eigenvalue weighted by molar-refractivity contribution is 0.249. The number of hydrazone groups is 1. The molecule has 0 aliphatic rings. The zero-order valence-electron chi connectivity index (χ0n) is 13.6. The van der Waals surface area contributed by atoms with Gasteiger partial charge in [-0.25, -0.2) is 10.2 Å². The zero-order chi connectivity index (χ0) is 16.8. The monoisotopic (exact) mass is 307 g/mol. The fraction of sp³-hybridized carbons (Fsp3) is 0.158. The number of nitrogens with zero attached hydrogens (tertiary/aromatic N) is 1. The molecule has 0 saturated carbocycles. The van der Waals surface area contributed by atoms with E-state index in [2.05, 4.69) is 49.5 Å². The van der Waals surface area contributed by atoms with Crippen molar-refractivity contribution in [3.05, 3.63) is 70.3 Å². The van der Waals surface area contributed by atoms with Crippen LogP contribution in [0.2, 0.25) is 0 Å². The molecule has 0 aromatic heterocycles. The maximum Gasteiger partial charge on any atom is 0.332 e. The second-order valence-electron chi connectivity index (χ2n) is 5.51. The number of carbonyl (C=O) groups is 1. The highest BCUT2D eigenvalue weighted by Crippen LogP contribution is 2.23. The first kappa shape index (κ1) is 16.5. The fourth-order valence-corrected chi connectivity index (χ4v) is 2.57. The van der Waals surface area contributed by atoms with Gasteiger partial charge in [0.25, 0.3) is 0 Å². The summed E-state index contributed by atoms with van der Waals surface area (Å²) >= 11 is 0. The maximum atomic E-state index is 10.8. The molecule has 4 nitrogen and oxygen atoms in total. The van der Waals surface area contributed by atoms with Crippen LogP contribution < -0.4 is 11.2 Å². The number of aryl methyl sites for hydroxylation is 3. The van der Waals surface area contributed by atoms with Crippen LogP contribution in [0.25, 0.3) is 11.6 Å². The van der Waals surface area contributed by atoms with E-state index in [0.717, 1.165) is 16.7 Å². The normalized spacial score (nSPS) is 11.7. The summed E-state index contributed by atoms with van der Waals surface area (Å²) in [5.74, 6) is 0. The van der Waals surface area contributed by atoms with E-state index in [4.69, 9.17) is 5.73 Å². The zero-order valence-corrected chi connectivity index (χ0v) is 13.6. The number of nitrogens with two attached hydrogens (primary N) is 1. The van der Waals surface area contributed by atoms with Crippen LogP contribution in [-0.4, -0.2) is 12.2 Å². The van der Waals surface area contributed by atoms with Crippen LogP contribution in [0.5, 0.6) is 0 Å². The Kier molecular flexibility index (Phi) is 5.31. The summed E-state index contributed by atoms with van der Waals surface area (Å²) in [6, 6.07) is 13.5. The molecular weight excluding hydrogens is 286 g/mol. The van der Waals surface area contributed by atoms with E-state index >= 15 is 0 Å². The van der Waals surface area contributed by atoms with E-state index in [-0.39, 0.29) is 0 Å². The lowest BCUT2D eigenvalue weighted by Crippen LogP contribution is -2.24. The molecule has 0 heterocycles. The Bertz CT molecular complexity index is 738. The molecule has 2 rings (SSSR count). The van der Waals surface area contributed by atoms with E-state index in [0.29, 0.717) is 0 Å². The van der Waals surface area contributed by atoms with Crippen LogP contribution in [0.3, 0.4) is 0 Å². The van der Waals surface area contributed by atoms with Crippen LogP contribution in [0, 0.1) is 20.8 Å². The van der Waals surface area contributed by atoms with Crippen molar-refractivity contribution < 1.29 is 4.79 Å². The third-order valence-electron chi connectivity index (χ3n) is 3.52. The minimum Gasteiger partial charge on any atom is -0.350 e. The Hall–Kier alpha value is -2.88. The van der Waals surface area contributed by atoms with Gasteiger partial charge in [-0.3, -0.25) is 0 Å². The Morgan fingerprint density at radius 2 is 1.70 bits per heavy atom. The average molecular weight is 307 g/mol. The van der Waals surface area contributed by atoms with Crippen LogP contribution in [0.4, 0.5) is 4.79 Å². The second-order valence-corrected chi connectivity index (χ2v) is 5.51. The van der Waals surface area contributed by atoms with Crippen molar-refractivity contribution >= 4 is 23.9 Å². The molecule has 0 unspecified atom stereocenters. The Labute approximate surface area is 136 Å². The van der Waals surface area contributed by atoms with Crippen molar-refractivity contribution in [1.29, 1.82) is 0 Å². The number of rotatable bonds is 4. The predicted molar refractivity (Wildman–Crippen MR) is 96.2 cm³/mol. The first-order valence-electron chi connectivity index (χ1n) is 7.41. The molecule has 0 atom stereocenters. The molecule has 0 saturated heterocycles. The number of hydrogen-bond donors (Lipinski definition) is 2. The van der Waals surface area contributed by atoms with Crippen LogP contribution in [-0.2, 0) is 0 Å². The first-order valence-corrected chi connectivity index (χ1v) is 7.41. The van der Waals surface area contributed by atoms with Crippen molar-refractivity contribution in [2.75, 3.05) is 0 Å². The molecule has 2 aromatic rings. The fourth-order valence-electron chi connectivity index (χ4n) is 2.57. The Morgan fingerprint density at radius 3 is 2.26 bits per heavy atom. The van der Waals surface area contributed by atoms with Gasteiger partial charge < -0.3 is 5.73 Å². The highest BCUT2D eigenvalue weighted by molar-refractivity contribution is 6.16. The summed E-state index contributed by atoms with van der Waals surface area (Å²) in [6.07, 6.45) is 3.68. The van der Waals surface area contributed by atoms with Crippen LogP contribution in [0.1, 0.15) is 27.8 Å². The van der Waals surface area contributed by atoms with Gasteiger partial charge in [-0.1, -0.05) is 48.0 Å². The number of amides is 2. The van der Waals surface area contributed by atoms with Gasteiger partial charge in [0, 0.05) is 5.57 Å². The number of benzene rings is 2. The largest absolute Gasteiger partial charge is 0.350 e. The minimum atomic E-state index is -0.684. The molecule has 0 spiro atoms. The van der Waals surface area contributed by atoms with Crippen LogP contribution in [0.15, 0.2) is 47.6 Å². The van der Waals surface area contributed by atoms with E-state index in [1.165, 1.54) is 16.7 Å². The molecule has 0 aliphatic heterocycles. The predicted octanol–water partition coefficient (Wildman–Crippen LogP) is 3.81. The van der Waals surface area contributed by atoms with Gasteiger partial charge in [0.15, 0.2) is 0 Å². The molecule has 0 bridgehead atoms. The molecule has 2 aromatic carbocycles. The molecular formula is C19H21N3O. The molecule has 0 aliphatic carbocycles. The average Bonchev–Trinajstić information content (AvgIpc) is 2.49. The molecule has 23 heavy (non-hydrogen) atoms. The number of urea groups is 1. The summed E-state index contributed by atoms with van der Waals surface area (Å²) in [7, 11) is 0. The third-order valence-corrected chi connectivity index (χ3v) is 3.52. The Balaban J connectivity index is 2.49. The van der Waals surface area contributed by atoms with Gasteiger partial charge in [0.05, 0.1) is 6.21 Å². The molecule has 4 heteroatoms. The standard InChI is InChI=1S/C19H21N3O/c1-13-9-14(2)18(15(3)10-13)11-17(12-21-22-19(20)23)16-7-5-4-6-8-16/h4-12H,1-3H3,(H3,20,22,23)/b17-11+,21-12+. The van der Waals surface area contributed by atoms with Gasteiger partial charge in [0.2, 0.25) is 0 Å². The van der Waals surface area contributed by atoms with Gasteiger partial charge in [-0.15, -0.1) is 0 Å². The summed E-state index contributed by atoms with van der Waals surface area (Å²) in [5, 5.41) is 3.90. The number of hydrogen-bond acceptors (Lipinski definition) is 2. The number of carbonyl (C=O) groups excluding carboxylic acids is 1. The Morgan fingerprint density at radius 1 is 1.09 bits per heavy atom. The summed E-state index contributed by atoms with van der Waals surface area (Å²) in [5.41, 5.74) is 14.0. The minimum absolute atomic E-state index is 0.684. The highest BCUT2D eigenvalue weighted by atomic mass is 16.2. The van der Waals surface area contributed by atoms with Crippen LogP contribution >= 0.6 is 0 Å². The highest BCUT2D eigenvalue weighted by Gasteiger charge is 2.05. The molecule has 0 radical (unpaired) electrons. The summed E-state index contributed by atoms with van der Waals surface area (Å²) in [6.45, 7) is 6.27. The number of primary amides is 1. The van der Waals surface area contributed by atoms with E-state index in [1.54, 1.807) is 6.21 Å². The van der Waals surface area contributed by atoms with Crippen molar-refractivity contribution in [1.82, 2.24) is 5.43 Å². The molecule has 3 N–H and O–H groups in total. The smallest absolute Gasteiger partial charge is 0.332 e. The lowest BCUT2D eigenvalue weighted by Gasteiger charge is -2.10.